The number of para-hydroxylation sites is 3. The molecule has 2 aromatic heterocycles. The molecule has 0 saturated carbocycles. The van der Waals surface area contributed by atoms with Gasteiger partial charge in [-0.2, -0.15) is 21.6 Å². The molecule has 4 aromatic carbocycles. The van der Waals surface area contributed by atoms with Crippen molar-refractivity contribution in [2.24, 2.45) is 0 Å². The third-order valence-corrected chi connectivity index (χ3v) is 12.5. The Hall–Kier alpha value is -4.58. The molecule has 2 unspecified atom stereocenters. The predicted octanol–water partition coefficient (Wildman–Crippen LogP) is 8.07. The van der Waals surface area contributed by atoms with Crippen LogP contribution in [0.3, 0.4) is 0 Å². The minimum atomic E-state index is -5.77. The highest BCUT2D eigenvalue weighted by atomic mass is 32.2. The highest BCUT2D eigenvalue weighted by Gasteiger charge is 2.48. The van der Waals surface area contributed by atoms with Gasteiger partial charge in [-0.05, 0) is 113 Å². The molecule has 2 saturated heterocycles. The van der Waals surface area contributed by atoms with Gasteiger partial charge in [-0.25, -0.2) is 9.97 Å². The molecule has 16 heteroatoms. The molecule has 0 spiro atoms. The summed E-state index contributed by atoms with van der Waals surface area (Å²) in [7, 11) is 0.157. The highest BCUT2D eigenvalue weighted by molar-refractivity contribution is 7.88. The van der Waals surface area contributed by atoms with Crippen LogP contribution in [0.25, 0.3) is 21.3 Å². The molecule has 0 bridgehead atoms. The zero-order valence-corrected chi connectivity index (χ0v) is 34.1. The quantitative estimate of drug-likeness (QED) is 0.0980. The van der Waals surface area contributed by atoms with Crippen LogP contribution in [0.1, 0.15) is 59.8 Å². The Labute approximate surface area is 340 Å². The van der Waals surface area contributed by atoms with E-state index in [0.717, 1.165) is 90.8 Å². The monoisotopic (exact) mass is 836 g/mol. The highest BCUT2D eigenvalue weighted by Crippen LogP contribution is 2.37. The van der Waals surface area contributed by atoms with Crippen molar-refractivity contribution in [1.29, 1.82) is 0 Å². The molecule has 6 aromatic rings. The van der Waals surface area contributed by atoms with Gasteiger partial charge in [0, 0.05) is 19.1 Å². The molecule has 2 atom stereocenters. The first kappa shape index (κ1) is 41.6. The molecule has 2 N–H and O–H groups in total. The zero-order chi connectivity index (χ0) is 40.9. The molecule has 4 heterocycles. The second-order valence-electron chi connectivity index (χ2n) is 14.7. The van der Waals surface area contributed by atoms with E-state index in [1.807, 2.05) is 61.6 Å². The average Bonchev–Trinajstić information content (AvgIpc) is 3.85. The van der Waals surface area contributed by atoms with Crippen molar-refractivity contribution in [3.05, 3.63) is 119 Å². The number of rotatable bonds is 11. The van der Waals surface area contributed by atoms with Gasteiger partial charge < -0.3 is 33.8 Å². The second kappa shape index (κ2) is 18.1. The Kier molecular flexibility index (Phi) is 13.0. The van der Waals surface area contributed by atoms with E-state index in [0.29, 0.717) is 16.6 Å². The molecule has 11 nitrogen and oxygen atoms in total. The number of aromatic amines is 1. The third kappa shape index (κ3) is 10.2. The van der Waals surface area contributed by atoms with Gasteiger partial charge in [0.05, 0.1) is 40.5 Å². The number of likely N-dealkylation sites (tertiary alicyclic amines) is 2. The largest absolute Gasteiger partial charge is 0.534 e. The number of thiazole rings is 1. The van der Waals surface area contributed by atoms with Crippen LogP contribution in [-0.2, 0) is 14.9 Å². The van der Waals surface area contributed by atoms with Gasteiger partial charge in [-0.1, -0.05) is 48.5 Å². The van der Waals surface area contributed by atoms with E-state index < -0.39 is 27.5 Å². The first-order chi connectivity index (χ1) is 27.8. The van der Waals surface area contributed by atoms with Crippen molar-refractivity contribution >= 4 is 42.7 Å². The van der Waals surface area contributed by atoms with Crippen LogP contribution in [0.2, 0.25) is 0 Å². The van der Waals surface area contributed by atoms with Gasteiger partial charge in [0.15, 0.2) is 0 Å². The van der Waals surface area contributed by atoms with Crippen LogP contribution in [0.15, 0.2) is 97.1 Å². The summed E-state index contributed by atoms with van der Waals surface area (Å²) in [4.78, 5) is 17.6. The van der Waals surface area contributed by atoms with Crippen LogP contribution < -0.4 is 14.2 Å². The number of nitrogens with one attached hydrogen (secondary N) is 2. The molecule has 0 amide bonds. The lowest BCUT2D eigenvalue weighted by molar-refractivity contribution is -0.0500. The fourth-order valence-corrected chi connectivity index (χ4v) is 8.66. The van der Waals surface area contributed by atoms with E-state index in [1.54, 1.807) is 13.2 Å². The van der Waals surface area contributed by atoms with Crippen molar-refractivity contribution in [2.75, 3.05) is 47.4 Å². The maximum atomic E-state index is 12.8. The van der Waals surface area contributed by atoms with E-state index in [-0.39, 0.29) is 12.1 Å². The Morgan fingerprint density at radius 1 is 0.793 bits per heavy atom. The number of ether oxygens (including phenoxy) is 2. The summed E-state index contributed by atoms with van der Waals surface area (Å²) in [6.07, 6.45) is 3.17. The standard InChI is InChI=1S/C21H21F3N2O4S2.C21H26N4O/c1-26-11-9-15(10-12-26)29-19(20-25-17-7-2-3-8-18(17)31-20)14-5-4-6-16(13-14)30-32(27,28)21(22,23)24;1-25-12-10-16(11-13-25)22-20(15-6-5-7-17(14-15)26-2)21-23-18-8-3-4-9-19(18)24-21/h2-8,13,15,19H,9-12H2,1H3;3-9,14,16,20,22H,10-13H2,1-2H3,(H,23,24). The maximum absolute atomic E-state index is 12.8. The number of aromatic nitrogens is 3. The van der Waals surface area contributed by atoms with Crippen LogP contribution in [0.4, 0.5) is 13.2 Å². The smallest absolute Gasteiger partial charge is 0.497 e. The SMILES string of the molecule is CN1CCC(OC(c2cccc(OS(=O)(=O)C(F)(F)F)c2)c2nc3ccccc3s2)CC1.COc1cccc(C(NC2CCN(C)CC2)c2nc3ccccc3[nH]2)c1. The van der Waals surface area contributed by atoms with Crippen LogP contribution in [0.5, 0.6) is 11.5 Å². The number of piperidine rings is 2. The third-order valence-electron chi connectivity index (χ3n) is 10.4. The van der Waals surface area contributed by atoms with Crippen molar-refractivity contribution in [1.82, 2.24) is 30.1 Å². The van der Waals surface area contributed by atoms with Gasteiger partial charge in [0.2, 0.25) is 0 Å². The fraction of sp³-hybridized carbons (Fsp3) is 0.381. The molecule has 2 aliphatic rings. The van der Waals surface area contributed by atoms with Gasteiger partial charge in [0.25, 0.3) is 0 Å². The number of methoxy groups -OCH3 is 1. The van der Waals surface area contributed by atoms with E-state index in [4.69, 9.17) is 14.5 Å². The number of benzene rings is 4. The summed E-state index contributed by atoms with van der Waals surface area (Å²) in [5.41, 5.74) is -1.02. The Morgan fingerprint density at radius 3 is 2.09 bits per heavy atom. The molecule has 2 fully saturated rings. The van der Waals surface area contributed by atoms with Crippen molar-refractivity contribution < 1.29 is 35.2 Å². The number of imidazole rings is 1. The molecule has 308 valence electrons. The predicted molar refractivity (Wildman–Crippen MR) is 220 cm³/mol. The summed E-state index contributed by atoms with van der Waals surface area (Å²) in [5.74, 6) is 1.39. The van der Waals surface area contributed by atoms with Gasteiger partial charge in [0.1, 0.15) is 28.4 Å². The number of alkyl halides is 3. The van der Waals surface area contributed by atoms with E-state index in [1.165, 1.54) is 29.0 Å². The minimum Gasteiger partial charge on any atom is -0.497 e. The topological polar surface area (TPSA) is 122 Å². The molecule has 2 aliphatic heterocycles. The van der Waals surface area contributed by atoms with Gasteiger partial charge in [-0.3, -0.25) is 0 Å². The number of nitrogens with zero attached hydrogens (tertiary/aromatic N) is 4. The lowest BCUT2D eigenvalue weighted by atomic mass is 10.0. The summed E-state index contributed by atoms with van der Waals surface area (Å²) < 4.78 is 78.2. The minimum absolute atomic E-state index is 0.0194. The van der Waals surface area contributed by atoms with Crippen LogP contribution in [0, 0.1) is 0 Å². The molecule has 0 aliphatic carbocycles. The lowest BCUT2D eigenvalue weighted by Gasteiger charge is -2.32. The van der Waals surface area contributed by atoms with E-state index in [9.17, 15) is 21.6 Å². The summed E-state index contributed by atoms with van der Waals surface area (Å²) in [5, 5.41) is 4.49. The first-order valence-corrected chi connectivity index (χ1v) is 21.4. The Bertz CT molecular complexity index is 2330. The second-order valence-corrected chi connectivity index (χ2v) is 17.3. The first-order valence-electron chi connectivity index (χ1n) is 19.2. The Morgan fingerprint density at radius 2 is 1.41 bits per heavy atom. The number of hydrogen-bond donors (Lipinski definition) is 2. The van der Waals surface area contributed by atoms with E-state index in [2.05, 4.69) is 54.5 Å². The summed E-state index contributed by atoms with van der Waals surface area (Å²) in [6, 6.07) is 30.0. The molecule has 8 rings (SSSR count). The fourth-order valence-electron chi connectivity index (χ4n) is 7.17. The van der Waals surface area contributed by atoms with E-state index >= 15 is 0 Å². The van der Waals surface area contributed by atoms with Crippen molar-refractivity contribution in [2.45, 2.75) is 55.5 Å². The molecular weight excluding hydrogens is 790 g/mol. The Balaban J connectivity index is 0.000000180. The molecule has 0 radical (unpaired) electrons. The van der Waals surface area contributed by atoms with Gasteiger partial charge >= 0.3 is 15.6 Å². The number of halogens is 3. The average molecular weight is 837 g/mol. The number of H-pyrrole nitrogens is 1. The summed E-state index contributed by atoms with van der Waals surface area (Å²) in [6.45, 7) is 3.99. The zero-order valence-electron chi connectivity index (χ0n) is 32.5. The normalized spacial score (nSPS) is 17.5. The lowest BCUT2D eigenvalue weighted by Crippen LogP contribution is -2.42. The number of hydrogen-bond acceptors (Lipinski definition) is 11. The maximum Gasteiger partial charge on any atom is 0.534 e. The summed E-state index contributed by atoms with van der Waals surface area (Å²) >= 11 is 1.43. The van der Waals surface area contributed by atoms with Gasteiger partial charge in [-0.15, -0.1) is 11.3 Å². The molecular formula is C42H47F3N6O5S2. The molecule has 58 heavy (non-hydrogen) atoms. The van der Waals surface area contributed by atoms with Crippen LogP contribution >= 0.6 is 11.3 Å². The number of fused-ring (bicyclic) bond motifs is 2. The van der Waals surface area contributed by atoms with Crippen molar-refractivity contribution in [3.8, 4) is 11.5 Å². The van der Waals surface area contributed by atoms with Crippen molar-refractivity contribution in [3.63, 3.8) is 0 Å². The van der Waals surface area contributed by atoms with Crippen LogP contribution in [-0.4, -0.2) is 98.2 Å².